The Morgan fingerprint density at radius 1 is 1.20 bits per heavy atom. The summed E-state index contributed by atoms with van der Waals surface area (Å²) in [6, 6.07) is 8.06. The Bertz CT molecular complexity index is 394. The van der Waals surface area contributed by atoms with Gasteiger partial charge in [-0.1, -0.05) is 25.5 Å². The van der Waals surface area contributed by atoms with Gasteiger partial charge in [0.1, 0.15) is 5.75 Å². The number of rotatable bonds is 6. The Morgan fingerprint density at radius 2 is 1.85 bits per heavy atom. The highest BCUT2D eigenvalue weighted by Gasteiger charge is 2.34. The molecule has 0 saturated heterocycles. The predicted molar refractivity (Wildman–Crippen MR) is 81.8 cm³/mol. The molecule has 1 aromatic carbocycles. The first kappa shape index (κ1) is 15.3. The molecule has 0 spiro atoms. The van der Waals surface area contributed by atoms with E-state index < -0.39 is 0 Å². The molecular weight excluding hydrogens is 250 g/mol. The Morgan fingerprint density at radius 3 is 2.35 bits per heavy atom. The Balaban J connectivity index is 1.90. The molecule has 3 heteroatoms. The minimum atomic E-state index is -0.106. The Labute approximate surface area is 122 Å². The number of hydrogen-bond acceptors (Lipinski definition) is 3. The molecular formula is C17H27NO2. The van der Waals surface area contributed by atoms with Crippen LogP contribution in [-0.2, 0) is 11.3 Å². The number of hydrogen-bond donors (Lipinski definition) is 1. The SMILES string of the molecule is CCC1CCC(CN)(OCc2ccc(OC)cc2)CC1. The first-order valence-electron chi connectivity index (χ1n) is 7.68. The van der Waals surface area contributed by atoms with Crippen molar-refractivity contribution in [1.29, 1.82) is 0 Å². The average Bonchev–Trinajstić information content (AvgIpc) is 2.54. The van der Waals surface area contributed by atoms with Crippen LogP contribution in [0.4, 0.5) is 0 Å². The summed E-state index contributed by atoms with van der Waals surface area (Å²) in [6.45, 7) is 3.54. The van der Waals surface area contributed by atoms with E-state index in [9.17, 15) is 0 Å². The van der Waals surface area contributed by atoms with Gasteiger partial charge in [-0.3, -0.25) is 0 Å². The van der Waals surface area contributed by atoms with Crippen molar-refractivity contribution in [3.63, 3.8) is 0 Å². The fraction of sp³-hybridized carbons (Fsp3) is 0.647. The molecule has 1 aliphatic rings. The second kappa shape index (κ2) is 7.09. The van der Waals surface area contributed by atoms with Crippen LogP contribution in [0.15, 0.2) is 24.3 Å². The van der Waals surface area contributed by atoms with Crippen LogP contribution in [-0.4, -0.2) is 19.3 Å². The molecule has 20 heavy (non-hydrogen) atoms. The van der Waals surface area contributed by atoms with E-state index >= 15 is 0 Å². The van der Waals surface area contributed by atoms with Crippen molar-refractivity contribution in [2.45, 2.75) is 51.2 Å². The lowest BCUT2D eigenvalue weighted by molar-refractivity contribution is -0.0813. The van der Waals surface area contributed by atoms with Crippen molar-refractivity contribution >= 4 is 0 Å². The van der Waals surface area contributed by atoms with Crippen LogP contribution in [0.5, 0.6) is 5.75 Å². The van der Waals surface area contributed by atoms with Gasteiger partial charge in [0, 0.05) is 6.54 Å². The van der Waals surface area contributed by atoms with Crippen LogP contribution < -0.4 is 10.5 Å². The number of benzene rings is 1. The fourth-order valence-electron chi connectivity index (χ4n) is 2.98. The van der Waals surface area contributed by atoms with E-state index in [2.05, 4.69) is 19.1 Å². The average molecular weight is 277 g/mol. The van der Waals surface area contributed by atoms with Gasteiger partial charge in [-0.25, -0.2) is 0 Å². The molecule has 112 valence electrons. The highest BCUT2D eigenvalue weighted by molar-refractivity contribution is 5.26. The summed E-state index contributed by atoms with van der Waals surface area (Å²) < 4.78 is 11.4. The van der Waals surface area contributed by atoms with E-state index in [0.717, 1.165) is 24.5 Å². The van der Waals surface area contributed by atoms with Gasteiger partial charge in [-0.15, -0.1) is 0 Å². The maximum Gasteiger partial charge on any atom is 0.118 e. The normalized spacial score (nSPS) is 26.4. The van der Waals surface area contributed by atoms with Gasteiger partial charge >= 0.3 is 0 Å². The molecule has 0 aliphatic heterocycles. The monoisotopic (exact) mass is 277 g/mol. The number of ether oxygens (including phenoxy) is 2. The second-order valence-electron chi connectivity index (χ2n) is 5.88. The van der Waals surface area contributed by atoms with E-state index in [1.807, 2.05) is 12.1 Å². The summed E-state index contributed by atoms with van der Waals surface area (Å²) in [4.78, 5) is 0. The van der Waals surface area contributed by atoms with Gasteiger partial charge in [0.25, 0.3) is 0 Å². The quantitative estimate of drug-likeness (QED) is 0.865. The summed E-state index contributed by atoms with van der Waals surface area (Å²) in [6.07, 6.45) is 5.96. The standard InChI is InChI=1S/C17H27NO2/c1-3-14-8-10-17(13-18,11-9-14)20-12-15-4-6-16(19-2)7-5-15/h4-7,14H,3,8-13,18H2,1-2H3. The van der Waals surface area contributed by atoms with Crippen molar-refractivity contribution in [3.05, 3.63) is 29.8 Å². The minimum absolute atomic E-state index is 0.106. The smallest absolute Gasteiger partial charge is 0.118 e. The molecule has 0 heterocycles. The summed E-state index contributed by atoms with van der Waals surface area (Å²) in [5, 5.41) is 0. The highest BCUT2D eigenvalue weighted by Crippen LogP contribution is 2.36. The van der Waals surface area contributed by atoms with Gasteiger partial charge in [0.05, 0.1) is 19.3 Å². The molecule has 2 rings (SSSR count). The van der Waals surface area contributed by atoms with Crippen LogP contribution in [0.2, 0.25) is 0 Å². The zero-order valence-corrected chi connectivity index (χ0v) is 12.7. The minimum Gasteiger partial charge on any atom is -0.497 e. The number of methoxy groups -OCH3 is 1. The first-order valence-corrected chi connectivity index (χ1v) is 7.68. The van der Waals surface area contributed by atoms with Crippen LogP contribution >= 0.6 is 0 Å². The number of nitrogens with two attached hydrogens (primary N) is 1. The van der Waals surface area contributed by atoms with Crippen molar-refractivity contribution in [2.75, 3.05) is 13.7 Å². The van der Waals surface area contributed by atoms with Gasteiger partial charge in [0.2, 0.25) is 0 Å². The molecule has 1 aliphatic carbocycles. The van der Waals surface area contributed by atoms with Crippen molar-refractivity contribution in [3.8, 4) is 5.75 Å². The first-order chi connectivity index (χ1) is 9.71. The van der Waals surface area contributed by atoms with Crippen molar-refractivity contribution in [1.82, 2.24) is 0 Å². The van der Waals surface area contributed by atoms with Gasteiger partial charge in [-0.2, -0.15) is 0 Å². The molecule has 0 amide bonds. The third kappa shape index (κ3) is 3.74. The second-order valence-corrected chi connectivity index (χ2v) is 5.88. The molecule has 0 radical (unpaired) electrons. The highest BCUT2D eigenvalue weighted by atomic mass is 16.5. The molecule has 1 saturated carbocycles. The summed E-state index contributed by atoms with van der Waals surface area (Å²) in [5.74, 6) is 1.74. The topological polar surface area (TPSA) is 44.5 Å². The van der Waals surface area contributed by atoms with Crippen molar-refractivity contribution in [2.24, 2.45) is 11.7 Å². The maximum absolute atomic E-state index is 6.21. The Kier molecular flexibility index (Phi) is 5.44. The predicted octanol–water partition coefficient (Wildman–Crippen LogP) is 3.51. The van der Waals surface area contributed by atoms with Crippen LogP contribution in [0, 0.1) is 5.92 Å². The molecule has 1 fully saturated rings. The van der Waals surface area contributed by atoms with Gasteiger partial charge in [-0.05, 0) is 49.3 Å². The Hall–Kier alpha value is -1.06. The van der Waals surface area contributed by atoms with E-state index in [-0.39, 0.29) is 5.60 Å². The van der Waals surface area contributed by atoms with E-state index in [1.54, 1.807) is 7.11 Å². The lowest BCUT2D eigenvalue weighted by Gasteiger charge is -2.39. The zero-order chi connectivity index (χ0) is 14.4. The van der Waals surface area contributed by atoms with Crippen LogP contribution in [0.1, 0.15) is 44.6 Å². The van der Waals surface area contributed by atoms with Gasteiger partial charge in [0.15, 0.2) is 0 Å². The summed E-state index contributed by atoms with van der Waals surface area (Å²) in [7, 11) is 1.68. The molecule has 3 nitrogen and oxygen atoms in total. The lowest BCUT2D eigenvalue weighted by atomic mass is 9.77. The molecule has 0 bridgehead atoms. The van der Waals surface area contributed by atoms with E-state index in [0.29, 0.717) is 13.2 Å². The van der Waals surface area contributed by atoms with Crippen LogP contribution in [0.3, 0.4) is 0 Å². The van der Waals surface area contributed by atoms with E-state index in [4.69, 9.17) is 15.2 Å². The largest absolute Gasteiger partial charge is 0.497 e. The maximum atomic E-state index is 6.21. The lowest BCUT2D eigenvalue weighted by Crippen LogP contribution is -2.43. The van der Waals surface area contributed by atoms with Crippen molar-refractivity contribution < 1.29 is 9.47 Å². The van der Waals surface area contributed by atoms with Crippen LogP contribution in [0.25, 0.3) is 0 Å². The molecule has 1 aromatic rings. The van der Waals surface area contributed by atoms with Gasteiger partial charge < -0.3 is 15.2 Å². The molecule has 2 N–H and O–H groups in total. The third-order valence-corrected chi connectivity index (χ3v) is 4.67. The molecule has 0 unspecified atom stereocenters. The summed E-state index contributed by atoms with van der Waals surface area (Å²) >= 11 is 0. The van der Waals surface area contributed by atoms with E-state index in [1.165, 1.54) is 24.8 Å². The third-order valence-electron chi connectivity index (χ3n) is 4.67. The molecule has 0 atom stereocenters. The zero-order valence-electron chi connectivity index (χ0n) is 12.7. The fourth-order valence-corrected chi connectivity index (χ4v) is 2.98. The summed E-state index contributed by atoms with van der Waals surface area (Å²) in [5.41, 5.74) is 7.06. The molecule has 0 aromatic heterocycles.